The molecular weight excluding hydrogens is 561 g/mol. The van der Waals surface area contributed by atoms with Crippen LogP contribution in [0.15, 0.2) is 54.6 Å². The average Bonchev–Trinajstić information content (AvgIpc) is 2.88. The molecule has 0 aliphatic rings. The summed E-state index contributed by atoms with van der Waals surface area (Å²) in [6.07, 6.45) is -9.34. The van der Waals surface area contributed by atoms with Crippen molar-refractivity contribution in [2.75, 3.05) is 6.54 Å². The zero-order valence-electron chi connectivity index (χ0n) is 21.9. The van der Waals surface area contributed by atoms with E-state index in [0.29, 0.717) is 17.0 Å². The number of halogens is 6. The highest BCUT2D eigenvalue weighted by molar-refractivity contribution is 6.30. The van der Waals surface area contributed by atoms with Gasteiger partial charge in [0.15, 0.2) is 6.23 Å². The number of carbonyl (C=O) groups excluding carboxylic acids is 2. The third-order valence-electron chi connectivity index (χ3n) is 6.02. The topological polar surface area (TPSA) is 111 Å². The maximum Gasteiger partial charge on any atom is 0.401 e. The maximum atomic E-state index is 14.7. The molecule has 0 heterocycles. The minimum absolute atomic E-state index is 0.0139. The summed E-state index contributed by atoms with van der Waals surface area (Å²) in [6.45, 7) is 0.813. The predicted octanol–water partition coefficient (Wildman–Crippen LogP) is 3.61. The van der Waals surface area contributed by atoms with Gasteiger partial charge in [0.1, 0.15) is 6.23 Å². The second-order valence-corrected chi connectivity index (χ2v) is 10.1. The number of aryl methyl sites for hydroxylation is 1. The fourth-order valence-electron chi connectivity index (χ4n) is 3.89. The van der Waals surface area contributed by atoms with Gasteiger partial charge in [0, 0.05) is 11.4 Å². The smallest absolute Gasteiger partial charge is 0.376 e. The maximum absolute atomic E-state index is 14.7. The molecule has 2 rings (SSSR count). The summed E-state index contributed by atoms with van der Waals surface area (Å²) in [5.74, 6) is -7.89. The van der Waals surface area contributed by atoms with E-state index in [0.717, 1.165) is 5.56 Å². The number of alkyl halides is 5. The van der Waals surface area contributed by atoms with Crippen molar-refractivity contribution < 1.29 is 41.8 Å². The Kier molecular flexibility index (Phi) is 12.4. The number of benzene rings is 2. The Hall–Kier alpha value is -2.64. The van der Waals surface area contributed by atoms with Crippen molar-refractivity contribution in [3.05, 3.63) is 70.7 Å². The Balaban J connectivity index is 2.17. The number of nitrogens with one attached hydrogen (secondary N) is 3. The predicted molar refractivity (Wildman–Crippen MR) is 140 cm³/mol. The molecule has 0 fully saturated rings. The van der Waals surface area contributed by atoms with Gasteiger partial charge in [0.25, 0.3) is 0 Å². The summed E-state index contributed by atoms with van der Waals surface area (Å²) in [5, 5.41) is 27.3. The third kappa shape index (κ3) is 10.7. The monoisotopic (exact) mass is 593 g/mol. The van der Waals surface area contributed by atoms with E-state index in [4.69, 9.17) is 11.6 Å². The Morgan fingerprint density at radius 1 is 0.950 bits per heavy atom. The lowest BCUT2D eigenvalue weighted by atomic mass is 9.94. The van der Waals surface area contributed by atoms with Crippen LogP contribution in [-0.2, 0) is 22.4 Å². The molecule has 2 aromatic rings. The highest BCUT2D eigenvalue weighted by Crippen LogP contribution is 2.25. The molecule has 5 N–H and O–H groups in total. The Morgan fingerprint density at radius 2 is 1.57 bits per heavy atom. The summed E-state index contributed by atoms with van der Waals surface area (Å²) in [6, 6.07) is 12.7. The lowest BCUT2D eigenvalue weighted by Gasteiger charge is -2.33. The molecule has 0 saturated heterocycles. The van der Waals surface area contributed by atoms with E-state index in [2.05, 4.69) is 10.6 Å². The molecule has 13 heteroatoms. The number of rotatable bonds is 15. The number of aliphatic hydroxyl groups is 2. The molecule has 2 aromatic carbocycles. The van der Waals surface area contributed by atoms with Gasteiger partial charge in [-0.25, -0.2) is 0 Å². The van der Waals surface area contributed by atoms with Crippen molar-refractivity contribution >= 4 is 23.3 Å². The van der Waals surface area contributed by atoms with Gasteiger partial charge in [0.05, 0.1) is 18.6 Å². The van der Waals surface area contributed by atoms with Crippen molar-refractivity contribution in [1.82, 2.24) is 16.0 Å². The highest BCUT2D eigenvalue weighted by Gasteiger charge is 2.51. The summed E-state index contributed by atoms with van der Waals surface area (Å²) in [7, 11) is 0. The average molecular weight is 594 g/mol. The minimum Gasteiger partial charge on any atom is -0.376 e. The van der Waals surface area contributed by atoms with Crippen molar-refractivity contribution in [2.45, 2.75) is 69.7 Å². The van der Waals surface area contributed by atoms with Crippen molar-refractivity contribution in [2.24, 2.45) is 5.92 Å². The van der Waals surface area contributed by atoms with Gasteiger partial charge in [-0.15, -0.1) is 0 Å². The van der Waals surface area contributed by atoms with Gasteiger partial charge in [-0.2, -0.15) is 22.0 Å². The van der Waals surface area contributed by atoms with Gasteiger partial charge in [-0.1, -0.05) is 67.9 Å². The van der Waals surface area contributed by atoms with E-state index in [-0.39, 0.29) is 12.8 Å². The van der Waals surface area contributed by atoms with E-state index in [1.165, 1.54) is 19.2 Å². The van der Waals surface area contributed by atoms with Crippen LogP contribution >= 0.6 is 11.6 Å². The van der Waals surface area contributed by atoms with E-state index in [9.17, 15) is 41.8 Å². The van der Waals surface area contributed by atoms with Crippen LogP contribution in [-0.4, -0.2) is 65.1 Å². The number of carbonyl (C=O) groups is 2. The summed E-state index contributed by atoms with van der Waals surface area (Å²) < 4.78 is 66.6. The molecule has 0 aromatic heterocycles. The molecular formula is C27H33ClF5N3O4. The lowest BCUT2D eigenvalue weighted by Crippen LogP contribution is -2.62. The standard InChI is InChI=1S/C27H33ClF5N3O4/c1-16(2)22(23(38)27(32,33)25(40)34-15-26(29,30)31)36-24(39)20(14-17-7-4-3-5-8-17)35-21(37)12-11-18-9-6-10-19(28)13-18/h3-10,13,16,20,22,24-25,34,36,39-40H,11-12,14-15H2,1-2H3,(H,35,37)/t20-,22-,24?,25?/m0/s1. The van der Waals surface area contributed by atoms with E-state index < -0.39 is 60.8 Å². The largest absolute Gasteiger partial charge is 0.401 e. The first-order valence-corrected chi connectivity index (χ1v) is 12.9. The van der Waals surface area contributed by atoms with E-state index >= 15 is 0 Å². The fourth-order valence-corrected chi connectivity index (χ4v) is 4.11. The van der Waals surface area contributed by atoms with Crippen LogP contribution in [0.25, 0.3) is 0 Å². The molecule has 0 spiro atoms. The van der Waals surface area contributed by atoms with Crippen LogP contribution in [0.4, 0.5) is 22.0 Å². The van der Waals surface area contributed by atoms with E-state index in [1.807, 2.05) is 0 Å². The van der Waals surface area contributed by atoms with Gasteiger partial charge in [-0.3, -0.25) is 20.2 Å². The molecule has 4 atom stereocenters. The number of ketones is 1. The second-order valence-electron chi connectivity index (χ2n) is 9.71. The zero-order chi connectivity index (χ0) is 30.1. The van der Waals surface area contributed by atoms with Crippen LogP contribution in [0.5, 0.6) is 0 Å². The first kappa shape index (κ1) is 33.6. The molecule has 2 unspecified atom stereocenters. The fraction of sp³-hybridized carbons (Fsp3) is 0.481. The molecule has 1 amide bonds. The SMILES string of the molecule is CC(C)[C@H](NC(O)[C@H](Cc1ccccc1)NC(=O)CCc1cccc(Cl)c1)C(=O)C(F)(F)C(O)NCC(F)(F)F. The van der Waals surface area contributed by atoms with Crippen molar-refractivity contribution in [3.8, 4) is 0 Å². The number of hydrogen-bond acceptors (Lipinski definition) is 6. The van der Waals surface area contributed by atoms with Crippen molar-refractivity contribution in [3.63, 3.8) is 0 Å². The van der Waals surface area contributed by atoms with Gasteiger partial charge in [-0.05, 0) is 42.0 Å². The van der Waals surface area contributed by atoms with Crippen LogP contribution in [0.1, 0.15) is 31.4 Å². The molecule has 40 heavy (non-hydrogen) atoms. The molecule has 7 nitrogen and oxygen atoms in total. The van der Waals surface area contributed by atoms with Crippen LogP contribution < -0.4 is 16.0 Å². The highest BCUT2D eigenvalue weighted by atomic mass is 35.5. The lowest BCUT2D eigenvalue weighted by molar-refractivity contribution is -0.178. The summed E-state index contributed by atoms with van der Waals surface area (Å²) in [4.78, 5) is 25.5. The van der Waals surface area contributed by atoms with Crippen LogP contribution in [0.3, 0.4) is 0 Å². The normalized spacial score (nSPS) is 15.4. The number of aliphatic hydroxyl groups excluding tert-OH is 2. The Morgan fingerprint density at radius 3 is 2.15 bits per heavy atom. The molecule has 0 aliphatic carbocycles. The Bertz CT molecular complexity index is 1110. The molecule has 0 bridgehead atoms. The number of hydrogen-bond donors (Lipinski definition) is 5. The number of amides is 1. The molecule has 0 saturated carbocycles. The summed E-state index contributed by atoms with van der Waals surface area (Å²) >= 11 is 5.97. The van der Waals surface area contributed by atoms with Crippen molar-refractivity contribution in [1.29, 1.82) is 0 Å². The van der Waals surface area contributed by atoms with Gasteiger partial charge < -0.3 is 15.5 Å². The first-order valence-electron chi connectivity index (χ1n) is 12.5. The zero-order valence-corrected chi connectivity index (χ0v) is 22.6. The molecule has 0 aliphatic heterocycles. The van der Waals surface area contributed by atoms with Gasteiger partial charge in [0.2, 0.25) is 11.7 Å². The first-order chi connectivity index (χ1) is 18.6. The molecule has 222 valence electrons. The van der Waals surface area contributed by atoms with Crippen LogP contribution in [0.2, 0.25) is 5.02 Å². The quantitative estimate of drug-likeness (QED) is 0.159. The number of Topliss-reactive ketones (excluding diaryl/α,β-unsaturated/α-hetero) is 1. The third-order valence-corrected chi connectivity index (χ3v) is 6.26. The summed E-state index contributed by atoms with van der Waals surface area (Å²) in [5.41, 5.74) is 1.49. The Labute approximate surface area is 234 Å². The van der Waals surface area contributed by atoms with Crippen LogP contribution in [0, 0.1) is 5.92 Å². The minimum atomic E-state index is -4.90. The second kappa shape index (κ2) is 14.8. The van der Waals surface area contributed by atoms with Gasteiger partial charge >= 0.3 is 12.1 Å². The van der Waals surface area contributed by atoms with E-state index in [1.54, 1.807) is 54.6 Å². The molecule has 0 radical (unpaired) electrons.